The summed E-state index contributed by atoms with van der Waals surface area (Å²) >= 11 is 1.65. The SMILES string of the molecule is CC(C)(C)C1CCC(N(Cc2ccc(C(=O)NC(N=N)N=N)cc2)C(=O)CSCc2ccccc2)CC1. The van der Waals surface area contributed by atoms with E-state index in [0.29, 0.717) is 23.8 Å². The van der Waals surface area contributed by atoms with Crippen LogP contribution in [0.25, 0.3) is 0 Å². The highest BCUT2D eigenvalue weighted by molar-refractivity contribution is 7.99. The molecule has 1 aliphatic rings. The molecule has 1 aliphatic carbocycles. The van der Waals surface area contributed by atoms with Crippen molar-refractivity contribution in [3.05, 3.63) is 71.3 Å². The molecule has 198 valence electrons. The molecule has 3 rings (SSSR count). The maximum absolute atomic E-state index is 13.5. The van der Waals surface area contributed by atoms with Gasteiger partial charge in [0.1, 0.15) is 0 Å². The average Bonchev–Trinajstić information content (AvgIpc) is 2.90. The summed E-state index contributed by atoms with van der Waals surface area (Å²) in [5.41, 5.74) is 16.8. The fraction of sp³-hybridized carbons (Fsp3) is 0.500. The molecule has 8 nitrogen and oxygen atoms in total. The maximum Gasteiger partial charge on any atom is 0.254 e. The second kappa shape index (κ2) is 13.5. The summed E-state index contributed by atoms with van der Waals surface area (Å²) < 4.78 is 0. The summed E-state index contributed by atoms with van der Waals surface area (Å²) in [5.74, 6) is 1.61. The third-order valence-corrected chi connectivity index (χ3v) is 8.08. The molecule has 37 heavy (non-hydrogen) atoms. The smallest absolute Gasteiger partial charge is 0.254 e. The van der Waals surface area contributed by atoms with Crippen molar-refractivity contribution in [1.29, 1.82) is 11.1 Å². The van der Waals surface area contributed by atoms with Gasteiger partial charge in [0.2, 0.25) is 5.91 Å². The third kappa shape index (κ3) is 8.49. The van der Waals surface area contributed by atoms with E-state index in [1.165, 1.54) is 5.56 Å². The number of rotatable bonds is 11. The topological polar surface area (TPSA) is 122 Å². The summed E-state index contributed by atoms with van der Waals surface area (Å²) in [7, 11) is 0. The number of nitrogens with one attached hydrogen (secondary N) is 3. The van der Waals surface area contributed by atoms with Crippen LogP contribution in [0.4, 0.5) is 0 Å². The minimum Gasteiger partial charge on any atom is -0.335 e. The molecule has 1 fully saturated rings. The highest BCUT2D eigenvalue weighted by atomic mass is 32.2. The lowest BCUT2D eigenvalue weighted by Crippen LogP contribution is -2.44. The molecule has 0 atom stereocenters. The first-order chi connectivity index (χ1) is 17.7. The van der Waals surface area contributed by atoms with Crippen LogP contribution in [0.3, 0.4) is 0 Å². The second-order valence-corrected chi connectivity index (χ2v) is 11.7. The lowest BCUT2D eigenvalue weighted by molar-refractivity contribution is -0.132. The summed E-state index contributed by atoms with van der Waals surface area (Å²) in [6.07, 6.45) is 3.05. The molecule has 0 saturated heterocycles. The van der Waals surface area contributed by atoms with Gasteiger partial charge in [0.25, 0.3) is 12.2 Å². The van der Waals surface area contributed by atoms with E-state index in [0.717, 1.165) is 37.0 Å². The van der Waals surface area contributed by atoms with E-state index in [2.05, 4.69) is 48.4 Å². The van der Waals surface area contributed by atoms with Crippen molar-refractivity contribution < 1.29 is 9.59 Å². The van der Waals surface area contributed by atoms with Gasteiger partial charge in [-0.25, -0.2) is 11.1 Å². The van der Waals surface area contributed by atoms with Crippen molar-refractivity contribution in [1.82, 2.24) is 10.2 Å². The Morgan fingerprint density at radius 3 is 2.16 bits per heavy atom. The number of amides is 2. The maximum atomic E-state index is 13.5. The molecular weight excluding hydrogens is 484 g/mol. The lowest BCUT2D eigenvalue weighted by Gasteiger charge is -2.41. The largest absolute Gasteiger partial charge is 0.335 e. The number of hydrogen-bond acceptors (Lipinski definition) is 7. The van der Waals surface area contributed by atoms with Gasteiger partial charge in [-0.05, 0) is 60.3 Å². The van der Waals surface area contributed by atoms with Gasteiger partial charge in [-0.3, -0.25) is 9.59 Å². The van der Waals surface area contributed by atoms with Crippen LogP contribution < -0.4 is 5.32 Å². The van der Waals surface area contributed by atoms with Crippen LogP contribution in [0.2, 0.25) is 0 Å². The van der Waals surface area contributed by atoms with Crippen LogP contribution >= 0.6 is 11.8 Å². The van der Waals surface area contributed by atoms with E-state index in [-0.39, 0.29) is 17.4 Å². The van der Waals surface area contributed by atoms with Crippen molar-refractivity contribution in [2.24, 2.45) is 21.6 Å². The summed E-state index contributed by atoms with van der Waals surface area (Å²) in [5, 5.41) is 8.56. The molecule has 3 N–H and O–H groups in total. The number of carbonyl (C=O) groups is 2. The Hall–Kier alpha value is -3.07. The molecule has 2 aromatic rings. The number of carbonyl (C=O) groups excluding carboxylic acids is 2. The van der Waals surface area contributed by atoms with E-state index < -0.39 is 12.2 Å². The fourth-order valence-corrected chi connectivity index (χ4v) is 5.71. The van der Waals surface area contributed by atoms with Gasteiger partial charge in [0.05, 0.1) is 5.75 Å². The average molecular weight is 523 g/mol. The molecule has 9 heteroatoms. The summed E-state index contributed by atoms with van der Waals surface area (Å²) in [4.78, 5) is 27.8. The van der Waals surface area contributed by atoms with Gasteiger partial charge in [-0.2, -0.15) is 0 Å². The third-order valence-electron chi connectivity index (χ3n) is 7.09. The zero-order valence-corrected chi connectivity index (χ0v) is 22.8. The normalized spacial score (nSPS) is 18.5. The molecule has 1 saturated carbocycles. The highest BCUT2D eigenvalue weighted by Crippen LogP contribution is 2.39. The predicted molar refractivity (Wildman–Crippen MR) is 146 cm³/mol. The van der Waals surface area contributed by atoms with Crippen LogP contribution in [-0.2, 0) is 17.1 Å². The quantitative estimate of drug-likeness (QED) is 0.287. The Morgan fingerprint density at radius 2 is 1.59 bits per heavy atom. The van der Waals surface area contributed by atoms with Crippen LogP contribution in [0.1, 0.15) is 67.9 Å². The van der Waals surface area contributed by atoms with Crippen molar-refractivity contribution in [3.8, 4) is 0 Å². The van der Waals surface area contributed by atoms with E-state index in [9.17, 15) is 9.59 Å². The zero-order valence-electron chi connectivity index (χ0n) is 21.9. The second-order valence-electron chi connectivity index (χ2n) is 10.7. The van der Waals surface area contributed by atoms with E-state index in [4.69, 9.17) is 11.1 Å². The van der Waals surface area contributed by atoms with E-state index in [1.54, 1.807) is 23.9 Å². The molecular formula is C28H38N6O2S. The van der Waals surface area contributed by atoms with Crippen LogP contribution in [0.5, 0.6) is 0 Å². The Morgan fingerprint density at radius 1 is 0.973 bits per heavy atom. The lowest BCUT2D eigenvalue weighted by atomic mass is 9.71. The van der Waals surface area contributed by atoms with Crippen LogP contribution in [0, 0.1) is 22.4 Å². The minimum absolute atomic E-state index is 0.152. The fourth-order valence-electron chi connectivity index (χ4n) is 4.84. The van der Waals surface area contributed by atoms with Crippen molar-refractivity contribution in [2.75, 3.05) is 5.75 Å². The molecule has 0 bridgehead atoms. The van der Waals surface area contributed by atoms with E-state index >= 15 is 0 Å². The molecule has 0 spiro atoms. The molecule has 2 aromatic carbocycles. The number of hydrogen-bond donors (Lipinski definition) is 3. The Balaban J connectivity index is 1.68. The molecule has 0 radical (unpaired) electrons. The Kier molecular flexibility index (Phi) is 10.4. The van der Waals surface area contributed by atoms with Crippen molar-refractivity contribution >= 4 is 23.6 Å². The van der Waals surface area contributed by atoms with Crippen LogP contribution in [0.15, 0.2) is 64.8 Å². The summed E-state index contributed by atoms with van der Waals surface area (Å²) in [6, 6.07) is 17.5. The molecule has 0 aromatic heterocycles. The first kappa shape index (κ1) is 28.5. The van der Waals surface area contributed by atoms with Crippen molar-refractivity contribution in [2.45, 2.75) is 71.1 Å². The first-order valence-electron chi connectivity index (χ1n) is 12.8. The highest BCUT2D eigenvalue weighted by Gasteiger charge is 2.33. The van der Waals surface area contributed by atoms with Gasteiger partial charge in [0.15, 0.2) is 0 Å². The zero-order chi connectivity index (χ0) is 26.8. The number of benzene rings is 2. The number of nitrogens with zero attached hydrogens (tertiary/aromatic N) is 3. The van der Waals surface area contributed by atoms with E-state index in [1.807, 2.05) is 35.2 Å². The van der Waals surface area contributed by atoms with Gasteiger partial charge in [0, 0.05) is 23.9 Å². The molecule has 0 aliphatic heterocycles. The molecule has 0 unspecified atom stereocenters. The van der Waals surface area contributed by atoms with Gasteiger partial charge in [-0.1, -0.05) is 63.2 Å². The minimum atomic E-state index is -1.21. The van der Waals surface area contributed by atoms with Crippen molar-refractivity contribution in [3.63, 3.8) is 0 Å². The van der Waals surface area contributed by atoms with Gasteiger partial charge < -0.3 is 10.2 Å². The first-order valence-corrected chi connectivity index (χ1v) is 13.9. The Bertz CT molecular complexity index is 1040. The van der Waals surface area contributed by atoms with Gasteiger partial charge in [-0.15, -0.1) is 22.0 Å². The number of thioether (sulfide) groups is 1. The van der Waals surface area contributed by atoms with Crippen LogP contribution in [-0.4, -0.2) is 34.8 Å². The Labute approximate surface area is 224 Å². The predicted octanol–water partition coefficient (Wildman–Crippen LogP) is 6.63. The monoisotopic (exact) mass is 522 g/mol. The van der Waals surface area contributed by atoms with Gasteiger partial charge >= 0.3 is 0 Å². The molecule has 0 heterocycles. The summed E-state index contributed by atoms with van der Waals surface area (Å²) in [6.45, 7) is 7.41. The molecule has 2 amide bonds. The standard InChI is InChI=1S/C28H38N6O2S/c1-28(2,3)23-13-15-24(16-14-23)34(25(35)19-37-18-21-7-5-4-6-8-21)17-20-9-11-22(12-10-20)26(36)31-27(32-29)33-30/h4-12,23-24,27,29-30H,13-19H2,1-3H3,(H,31,36).